The maximum atomic E-state index is 12.6. The second-order valence-corrected chi connectivity index (χ2v) is 12.1. The van der Waals surface area contributed by atoms with Crippen LogP contribution < -0.4 is 4.72 Å². The van der Waals surface area contributed by atoms with E-state index in [1.165, 1.54) is 18.2 Å². The van der Waals surface area contributed by atoms with Crippen molar-refractivity contribution in [3.63, 3.8) is 0 Å². The highest BCUT2D eigenvalue weighted by Crippen LogP contribution is 2.27. The van der Waals surface area contributed by atoms with Gasteiger partial charge in [-0.3, -0.25) is 0 Å². The van der Waals surface area contributed by atoms with E-state index in [2.05, 4.69) is 4.72 Å². The summed E-state index contributed by atoms with van der Waals surface area (Å²) >= 11 is 0. The standard InChI is InChI=1S/C13H17NO6S3/c15-21(16)7-6-13(9-21)22(17,18)11-2-1-3-12(8-11)23(19,20)14-10-4-5-10/h1-3,8,10,13-14H,4-7,9H2. The molecule has 0 aromatic heterocycles. The molecule has 128 valence electrons. The Balaban J connectivity index is 1.93. The van der Waals surface area contributed by atoms with Crippen LogP contribution in [0.1, 0.15) is 19.3 Å². The second kappa shape index (κ2) is 5.54. The number of benzene rings is 1. The van der Waals surface area contributed by atoms with Gasteiger partial charge in [-0.05, 0) is 37.5 Å². The summed E-state index contributed by atoms with van der Waals surface area (Å²) in [7, 11) is -11.0. The zero-order chi connectivity index (χ0) is 16.9. The van der Waals surface area contributed by atoms with Crippen molar-refractivity contribution in [3.05, 3.63) is 24.3 Å². The number of sulfonamides is 1. The van der Waals surface area contributed by atoms with Gasteiger partial charge in [0, 0.05) is 6.04 Å². The molecule has 0 amide bonds. The summed E-state index contributed by atoms with van der Waals surface area (Å²) < 4.78 is 75.0. The fourth-order valence-corrected chi connectivity index (χ4v) is 8.33. The van der Waals surface area contributed by atoms with Crippen molar-refractivity contribution in [1.82, 2.24) is 4.72 Å². The van der Waals surface area contributed by atoms with Crippen LogP contribution >= 0.6 is 0 Å². The van der Waals surface area contributed by atoms with Gasteiger partial charge >= 0.3 is 0 Å². The molecule has 1 N–H and O–H groups in total. The maximum Gasteiger partial charge on any atom is 0.240 e. The van der Waals surface area contributed by atoms with Crippen LogP contribution in [0.2, 0.25) is 0 Å². The van der Waals surface area contributed by atoms with Crippen LogP contribution in [0.5, 0.6) is 0 Å². The maximum absolute atomic E-state index is 12.6. The van der Waals surface area contributed by atoms with Gasteiger partial charge in [0.05, 0.1) is 26.5 Å². The van der Waals surface area contributed by atoms with Crippen LogP contribution in [0.4, 0.5) is 0 Å². The van der Waals surface area contributed by atoms with Gasteiger partial charge in [0.15, 0.2) is 19.7 Å². The third-order valence-electron chi connectivity index (χ3n) is 3.97. The minimum absolute atomic E-state index is 0.0436. The Labute approximate surface area is 136 Å². The van der Waals surface area contributed by atoms with E-state index in [4.69, 9.17) is 0 Å². The molecule has 1 unspecified atom stereocenters. The Morgan fingerprint density at radius 1 is 1.00 bits per heavy atom. The predicted octanol–water partition coefficient (Wildman–Crippen LogP) is 0.0881. The lowest BCUT2D eigenvalue weighted by Gasteiger charge is -2.12. The summed E-state index contributed by atoms with van der Waals surface area (Å²) in [5, 5.41) is -1.01. The molecule has 0 radical (unpaired) electrons. The van der Waals surface area contributed by atoms with Gasteiger partial charge in [0.1, 0.15) is 0 Å². The number of nitrogens with one attached hydrogen (secondary N) is 1. The van der Waals surface area contributed by atoms with Crippen LogP contribution in [-0.4, -0.2) is 48.1 Å². The number of hydrogen-bond donors (Lipinski definition) is 1. The molecular formula is C13H17NO6S3. The molecule has 2 aliphatic rings. The molecular weight excluding hydrogens is 362 g/mol. The summed E-state index contributed by atoms with van der Waals surface area (Å²) in [6.45, 7) is 0. The Bertz CT molecular complexity index is 930. The summed E-state index contributed by atoms with van der Waals surface area (Å²) in [5.74, 6) is -0.565. The first-order valence-electron chi connectivity index (χ1n) is 7.17. The van der Waals surface area contributed by atoms with Crippen LogP contribution in [0.15, 0.2) is 34.1 Å². The van der Waals surface area contributed by atoms with Gasteiger partial charge in [0.25, 0.3) is 0 Å². The molecule has 1 aliphatic heterocycles. The lowest BCUT2D eigenvalue weighted by molar-refractivity contribution is 0.579. The Hall–Kier alpha value is -0.970. The summed E-state index contributed by atoms with van der Waals surface area (Å²) in [6.07, 6.45) is 1.59. The number of sulfone groups is 2. The van der Waals surface area contributed by atoms with Crippen molar-refractivity contribution in [1.29, 1.82) is 0 Å². The zero-order valence-electron chi connectivity index (χ0n) is 12.2. The Morgan fingerprint density at radius 3 is 2.22 bits per heavy atom. The molecule has 0 bridgehead atoms. The second-order valence-electron chi connectivity index (χ2n) is 5.94. The van der Waals surface area contributed by atoms with Gasteiger partial charge in [-0.2, -0.15) is 0 Å². The number of hydrogen-bond acceptors (Lipinski definition) is 6. The summed E-state index contributed by atoms with van der Waals surface area (Å²) in [6, 6.07) is 5.01. The van der Waals surface area contributed by atoms with Crippen molar-refractivity contribution in [3.8, 4) is 0 Å². The van der Waals surface area contributed by atoms with Crippen LogP contribution in [-0.2, 0) is 29.7 Å². The normalized spacial score (nSPS) is 24.6. The first kappa shape index (κ1) is 16.9. The molecule has 1 saturated heterocycles. The fourth-order valence-electron chi connectivity index (χ4n) is 2.51. The van der Waals surface area contributed by atoms with Crippen molar-refractivity contribution in [2.24, 2.45) is 0 Å². The van der Waals surface area contributed by atoms with Crippen molar-refractivity contribution >= 4 is 29.7 Å². The van der Waals surface area contributed by atoms with Crippen molar-refractivity contribution < 1.29 is 25.3 Å². The largest absolute Gasteiger partial charge is 0.240 e. The highest BCUT2D eigenvalue weighted by atomic mass is 32.2. The van der Waals surface area contributed by atoms with E-state index >= 15 is 0 Å². The monoisotopic (exact) mass is 379 g/mol. The lowest BCUT2D eigenvalue weighted by Crippen LogP contribution is -2.26. The van der Waals surface area contributed by atoms with Gasteiger partial charge in [-0.25, -0.2) is 30.0 Å². The van der Waals surface area contributed by atoms with Gasteiger partial charge < -0.3 is 0 Å². The number of rotatable bonds is 5. The molecule has 0 spiro atoms. The molecule has 23 heavy (non-hydrogen) atoms. The molecule has 7 nitrogen and oxygen atoms in total. The van der Waals surface area contributed by atoms with E-state index in [0.717, 1.165) is 18.9 Å². The molecule has 1 aromatic rings. The first-order chi connectivity index (χ1) is 10.6. The molecule has 1 heterocycles. The highest BCUT2D eigenvalue weighted by Gasteiger charge is 2.38. The van der Waals surface area contributed by atoms with Crippen LogP contribution in [0.3, 0.4) is 0 Å². The smallest absolute Gasteiger partial charge is 0.229 e. The first-order valence-corrected chi connectivity index (χ1v) is 12.0. The molecule has 3 rings (SSSR count). The van der Waals surface area contributed by atoms with E-state index in [-0.39, 0.29) is 28.0 Å². The highest BCUT2D eigenvalue weighted by molar-refractivity contribution is 7.96. The average Bonchev–Trinajstić information content (AvgIpc) is 3.19. The van der Waals surface area contributed by atoms with E-state index in [1.54, 1.807) is 0 Å². The van der Waals surface area contributed by atoms with Crippen LogP contribution in [0, 0.1) is 0 Å². The van der Waals surface area contributed by atoms with Gasteiger partial charge in [0.2, 0.25) is 10.0 Å². The Kier molecular flexibility index (Phi) is 4.06. The quantitative estimate of drug-likeness (QED) is 0.775. The predicted molar refractivity (Wildman–Crippen MR) is 84.0 cm³/mol. The third-order valence-corrected chi connectivity index (χ3v) is 9.66. The average molecular weight is 379 g/mol. The molecule has 2 fully saturated rings. The van der Waals surface area contributed by atoms with E-state index in [9.17, 15) is 25.3 Å². The summed E-state index contributed by atoms with van der Waals surface area (Å²) in [5.41, 5.74) is 0. The van der Waals surface area contributed by atoms with Crippen molar-refractivity contribution in [2.75, 3.05) is 11.5 Å². The molecule has 1 saturated carbocycles. The van der Waals surface area contributed by atoms with E-state index in [1.807, 2.05) is 0 Å². The third kappa shape index (κ3) is 3.59. The lowest BCUT2D eigenvalue weighted by atomic mass is 10.4. The summed E-state index contributed by atoms with van der Waals surface area (Å²) in [4.78, 5) is -0.274. The van der Waals surface area contributed by atoms with Crippen molar-refractivity contribution in [2.45, 2.75) is 40.3 Å². The topological polar surface area (TPSA) is 114 Å². The van der Waals surface area contributed by atoms with Gasteiger partial charge in [-0.1, -0.05) is 6.07 Å². The molecule has 10 heteroatoms. The molecule has 1 aliphatic carbocycles. The minimum Gasteiger partial charge on any atom is -0.229 e. The van der Waals surface area contributed by atoms with E-state index < -0.39 is 40.7 Å². The Morgan fingerprint density at radius 2 is 1.65 bits per heavy atom. The van der Waals surface area contributed by atoms with Gasteiger partial charge in [-0.15, -0.1) is 0 Å². The molecule has 1 aromatic carbocycles. The minimum atomic E-state index is -3.88. The molecule has 1 atom stereocenters. The van der Waals surface area contributed by atoms with Crippen LogP contribution in [0.25, 0.3) is 0 Å². The SMILES string of the molecule is O=S1(=O)CCC(S(=O)(=O)c2cccc(S(=O)(=O)NC3CC3)c2)C1. The van der Waals surface area contributed by atoms with E-state index in [0.29, 0.717) is 0 Å². The fraction of sp³-hybridized carbons (Fsp3) is 0.538. The zero-order valence-corrected chi connectivity index (χ0v) is 14.6.